The second kappa shape index (κ2) is 6.12. The van der Waals surface area contributed by atoms with Crippen molar-refractivity contribution in [3.63, 3.8) is 0 Å². The van der Waals surface area contributed by atoms with E-state index in [4.69, 9.17) is 4.98 Å². The molecule has 1 aliphatic heterocycles. The van der Waals surface area contributed by atoms with Crippen molar-refractivity contribution in [3.8, 4) is 11.3 Å². The SMILES string of the molecule is Fc1ccc(-c2csc(N3CCC(c4ccn[nH]4)CC3)n2)cc1. The number of H-pyrrole nitrogens is 1. The first-order valence-electron chi connectivity index (χ1n) is 7.75. The monoisotopic (exact) mass is 328 g/mol. The van der Waals surface area contributed by atoms with Gasteiger partial charge >= 0.3 is 0 Å². The minimum atomic E-state index is -0.218. The molecule has 0 amide bonds. The molecule has 2 aromatic heterocycles. The number of aromatic amines is 1. The molecule has 3 heterocycles. The zero-order chi connectivity index (χ0) is 15.6. The van der Waals surface area contributed by atoms with Crippen LogP contribution in [0.15, 0.2) is 41.9 Å². The minimum absolute atomic E-state index is 0.218. The topological polar surface area (TPSA) is 44.8 Å². The van der Waals surface area contributed by atoms with E-state index in [0.29, 0.717) is 5.92 Å². The first-order valence-corrected chi connectivity index (χ1v) is 8.63. The fourth-order valence-electron chi connectivity index (χ4n) is 3.04. The Bertz CT molecular complexity index is 758. The predicted octanol–water partition coefficient (Wildman–Crippen LogP) is 4.06. The van der Waals surface area contributed by atoms with Crippen LogP contribution in [0.2, 0.25) is 0 Å². The maximum absolute atomic E-state index is 13.0. The van der Waals surface area contributed by atoms with Crippen molar-refractivity contribution in [3.05, 3.63) is 53.4 Å². The number of anilines is 1. The summed E-state index contributed by atoms with van der Waals surface area (Å²) in [5.74, 6) is 0.343. The summed E-state index contributed by atoms with van der Waals surface area (Å²) in [6.45, 7) is 2.00. The third-order valence-electron chi connectivity index (χ3n) is 4.36. The van der Waals surface area contributed by atoms with E-state index < -0.39 is 0 Å². The highest BCUT2D eigenvalue weighted by Crippen LogP contribution is 2.32. The van der Waals surface area contributed by atoms with Crippen LogP contribution in [0.1, 0.15) is 24.5 Å². The molecule has 1 N–H and O–H groups in total. The summed E-state index contributed by atoms with van der Waals surface area (Å²) in [6, 6.07) is 8.57. The van der Waals surface area contributed by atoms with Crippen molar-refractivity contribution in [1.82, 2.24) is 15.2 Å². The number of nitrogens with one attached hydrogen (secondary N) is 1. The number of nitrogens with zero attached hydrogens (tertiary/aromatic N) is 3. The van der Waals surface area contributed by atoms with Crippen molar-refractivity contribution in [2.24, 2.45) is 0 Å². The van der Waals surface area contributed by atoms with Crippen molar-refractivity contribution < 1.29 is 4.39 Å². The van der Waals surface area contributed by atoms with Crippen molar-refractivity contribution in [1.29, 1.82) is 0 Å². The number of hydrogen-bond donors (Lipinski definition) is 1. The number of piperidine rings is 1. The smallest absolute Gasteiger partial charge is 0.185 e. The minimum Gasteiger partial charge on any atom is -0.348 e. The molecule has 0 unspecified atom stereocenters. The Hall–Kier alpha value is -2.21. The van der Waals surface area contributed by atoms with Gasteiger partial charge in [0, 0.05) is 41.8 Å². The normalized spacial score (nSPS) is 16.0. The lowest BCUT2D eigenvalue weighted by molar-refractivity contribution is 0.495. The Kier molecular flexibility index (Phi) is 3.83. The number of thiazole rings is 1. The fraction of sp³-hybridized carbons (Fsp3) is 0.294. The van der Waals surface area contributed by atoms with Crippen LogP contribution in [0.5, 0.6) is 0 Å². The van der Waals surface area contributed by atoms with E-state index in [1.54, 1.807) is 23.5 Å². The zero-order valence-corrected chi connectivity index (χ0v) is 13.4. The molecule has 23 heavy (non-hydrogen) atoms. The molecule has 1 saturated heterocycles. The molecule has 0 radical (unpaired) electrons. The molecular weight excluding hydrogens is 311 g/mol. The second-order valence-corrected chi connectivity index (χ2v) is 6.63. The maximum Gasteiger partial charge on any atom is 0.185 e. The van der Waals surface area contributed by atoms with Crippen LogP contribution in [0.3, 0.4) is 0 Å². The molecule has 4 rings (SSSR count). The van der Waals surface area contributed by atoms with Gasteiger partial charge in [0.1, 0.15) is 5.82 Å². The largest absolute Gasteiger partial charge is 0.348 e. The van der Waals surface area contributed by atoms with Gasteiger partial charge in [-0.2, -0.15) is 5.10 Å². The van der Waals surface area contributed by atoms with Gasteiger partial charge in [-0.3, -0.25) is 5.10 Å². The quantitative estimate of drug-likeness (QED) is 0.789. The maximum atomic E-state index is 13.0. The van der Waals surface area contributed by atoms with Gasteiger partial charge in [0.2, 0.25) is 0 Å². The molecular formula is C17H17FN4S. The van der Waals surface area contributed by atoms with Crippen LogP contribution >= 0.6 is 11.3 Å². The van der Waals surface area contributed by atoms with E-state index >= 15 is 0 Å². The molecule has 1 fully saturated rings. The average molecular weight is 328 g/mol. The number of aromatic nitrogens is 3. The number of hydrogen-bond acceptors (Lipinski definition) is 4. The number of halogens is 1. The molecule has 0 spiro atoms. The molecule has 0 saturated carbocycles. The van der Waals surface area contributed by atoms with Crippen LogP contribution < -0.4 is 4.90 Å². The van der Waals surface area contributed by atoms with Gasteiger partial charge in [-0.1, -0.05) is 0 Å². The lowest BCUT2D eigenvalue weighted by Crippen LogP contribution is -2.32. The third-order valence-corrected chi connectivity index (χ3v) is 5.26. The molecule has 6 heteroatoms. The van der Waals surface area contributed by atoms with Gasteiger partial charge in [0.05, 0.1) is 5.69 Å². The zero-order valence-electron chi connectivity index (χ0n) is 12.6. The summed E-state index contributed by atoms with van der Waals surface area (Å²) in [5.41, 5.74) is 3.11. The van der Waals surface area contributed by atoms with Crippen LogP contribution in [0.4, 0.5) is 9.52 Å². The Morgan fingerprint density at radius 3 is 2.61 bits per heavy atom. The van der Waals surface area contributed by atoms with Crippen LogP contribution in [-0.4, -0.2) is 28.3 Å². The summed E-state index contributed by atoms with van der Waals surface area (Å²) >= 11 is 1.65. The van der Waals surface area contributed by atoms with Crippen LogP contribution in [-0.2, 0) is 0 Å². The van der Waals surface area contributed by atoms with E-state index in [0.717, 1.165) is 42.3 Å². The number of benzene rings is 1. The van der Waals surface area contributed by atoms with E-state index in [-0.39, 0.29) is 5.82 Å². The van der Waals surface area contributed by atoms with Crippen molar-refractivity contribution >= 4 is 16.5 Å². The molecule has 0 aliphatic carbocycles. The summed E-state index contributed by atoms with van der Waals surface area (Å²) in [6.07, 6.45) is 4.03. The van der Waals surface area contributed by atoms with Gasteiger partial charge < -0.3 is 4.90 Å². The van der Waals surface area contributed by atoms with Gasteiger partial charge in [-0.15, -0.1) is 11.3 Å². The van der Waals surface area contributed by atoms with E-state index in [1.165, 1.54) is 17.8 Å². The number of rotatable bonds is 3. The highest BCUT2D eigenvalue weighted by molar-refractivity contribution is 7.14. The van der Waals surface area contributed by atoms with Gasteiger partial charge in [0.15, 0.2) is 5.13 Å². The van der Waals surface area contributed by atoms with E-state index in [1.807, 2.05) is 11.6 Å². The van der Waals surface area contributed by atoms with Gasteiger partial charge in [0.25, 0.3) is 0 Å². The Morgan fingerprint density at radius 2 is 1.91 bits per heavy atom. The molecule has 1 aromatic carbocycles. The lowest BCUT2D eigenvalue weighted by atomic mass is 9.94. The fourth-order valence-corrected chi connectivity index (χ4v) is 3.93. The van der Waals surface area contributed by atoms with Crippen molar-refractivity contribution in [2.75, 3.05) is 18.0 Å². The molecule has 1 aliphatic rings. The molecule has 0 atom stereocenters. The van der Waals surface area contributed by atoms with Crippen LogP contribution in [0, 0.1) is 5.82 Å². The predicted molar refractivity (Wildman–Crippen MR) is 90.3 cm³/mol. The Labute approximate surface area is 138 Å². The third kappa shape index (κ3) is 2.99. The first-order chi connectivity index (χ1) is 11.3. The Morgan fingerprint density at radius 1 is 1.13 bits per heavy atom. The standard InChI is InChI=1S/C17H17FN4S/c18-14-3-1-12(2-4-14)16-11-23-17(20-16)22-9-6-13(7-10-22)15-5-8-19-21-15/h1-5,8,11,13H,6-7,9-10H2,(H,19,21). The summed E-state index contributed by atoms with van der Waals surface area (Å²) < 4.78 is 13.0. The highest BCUT2D eigenvalue weighted by Gasteiger charge is 2.23. The summed E-state index contributed by atoms with van der Waals surface area (Å²) in [5, 5.41) is 10.2. The Balaban J connectivity index is 1.45. The van der Waals surface area contributed by atoms with Gasteiger partial charge in [-0.25, -0.2) is 9.37 Å². The highest BCUT2D eigenvalue weighted by atomic mass is 32.1. The first kappa shape index (κ1) is 14.4. The molecule has 3 aromatic rings. The lowest BCUT2D eigenvalue weighted by Gasteiger charge is -2.31. The van der Waals surface area contributed by atoms with E-state index in [2.05, 4.69) is 21.2 Å². The molecule has 4 nitrogen and oxygen atoms in total. The molecule has 118 valence electrons. The summed E-state index contributed by atoms with van der Waals surface area (Å²) in [4.78, 5) is 7.06. The second-order valence-electron chi connectivity index (χ2n) is 5.80. The van der Waals surface area contributed by atoms with Crippen LogP contribution in [0.25, 0.3) is 11.3 Å². The van der Waals surface area contributed by atoms with Crippen molar-refractivity contribution in [2.45, 2.75) is 18.8 Å². The van der Waals surface area contributed by atoms with E-state index in [9.17, 15) is 4.39 Å². The summed E-state index contributed by atoms with van der Waals surface area (Å²) in [7, 11) is 0. The molecule has 0 bridgehead atoms. The van der Waals surface area contributed by atoms with Gasteiger partial charge in [-0.05, 0) is 43.2 Å². The average Bonchev–Trinajstić information content (AvgIpc) is 3.28.